The summed E-state index contributed by atoms with van der Waals surface area (Å²) in [7, 11) is 0. The zero-order valence-electron chi connectivity index (χ0n) is 29.9. The monoisotopic (exact) mass is 631 g/mol. The van der Waals surface area contributed by atoms with Crippen LogP contribution in [-0.2, 0) is 14.3 Å². The van der Waals surface area contributed by atoms with E-state index in [1.54, 1.807) is 0 Å². The number of rotatable bonds is 35. The minimum atomic E-state index is -0.705. The normalized spacial score (nSPS) is 12.6. The highest BCUT2D eigenvalue weighted by atomic mass is 16.5. The number of esters is 1. The Kier molecular flexibility index (Phi) is 35.1. The number of hydrogen-bond donors (Lipinski definition) is 1. The van der Waals surface area contributed by atoms with Crippen LogP contribution in [0.5, 0.6) is 0 Å². The molecule has 45 heavy (non-hydrogen) atoms. The van der Waals surface area contributed by atoms with Gasteiger partial charge in [0.15, 0.2) is 0 Å². The number of carbonyl (C=O) groups is 2. The number of ether oxygens (including phenoxy) is 1. The highest BCUT2D eigenvalue weighted by Crippen LogP contribution is 2.18. The Bertz CT molecular complexity index is 723. The molecule has 0 bridgehead atoms. The molecule has 0 spiro atoms. The van der Waals surface area contributed by atoms with E-state index >= 15 is 0 Å². The molecule has 4 heteroatoms. The first-order valence-corrected chi connectivity index (χ1v) is 19.5. The van der Waals surface area contributed by atoms with Crippen molar-refractivity contribution in [3.63, 3.8) is 0 Å². The Morgan fingerprint density at radius 1 is 0.489 bits per heavy atom. The van der Waals surface area contributed by atoms with Gasteiger partial charge < -0.3 is 9.84 Å². The maximum atomic E-state index is 12.6. The van der Waals surface area contributed by atoms with Crippen molar-refractivity contribution in [2.24, 2.45) is 0 Å². The lowest BCUT2D eigenvalue weighted by Crippen LogP contribution is -2.18. The van der Waals surface area contributed by atoms with Crippen LogP contribution in [0.1, 0.15) is 206 Å². The molecular formula is C41H74O4. The van der Waals surface area contributed by atoms with E-state index in [1.165, 1.54) is 103 Å². The molecule has 0 aliphatic rings. The van der Waals surface area contributed by atoms with E-state index in [0.29, 0.717) is 6.42 Å². The number of aliphatic carboxylic acids is 1. The van der Waals surface area contributed by atoms with E-state index in [2.05, 4.69) is 50.3 Å². The molecule has 262 valence electrons. The summed E-state index contributed by atoms with van der Waals surface area (Å²) >= 11 is 0. The van der Waals surface area contributed by atoms with Gasteiger partial charge in [-0.05, 0) is 96.3 Å². The smallest absolute Gasteiger partial charge is 0.306 e. The van der Waals surface area contributed by atoms with Crippen LogP contribution in [0.4, 0.5) is 0 Å². The van der Waals surface area contributed by atoms with Crippen LogP contribution in [0.3, 0.4) is 0 Å². The Labute approximate surface area is 279 Å². The Morgan fingerprint density at radius 3 is 1.40 bits per heavy atom. The third kappa shape index (κ3) is 36.5. The van der Waals surface area contributed by atoms with Gasteiger partial charge in [-0.15, -0.1) is 0 Å². The lowest BCUT2D eigenvalue weighted by molar-refractivity contribution is -0.150. The minimum absolute atomic E-state index is 0.0200. The molecule has 0 radical (unpaired) electrons. The second kappa shape index (κ2) is 36.6. The summed E-state index contributed by atoms with van der Waals surface area (Å²) in [6.45, 7) is 4.51. The molecule has 0 aromatic heterocycles. The Balaban J connectivity index is 4.13. The first-order chi connectivity index (χ1) is 22.1. The summed E-state index contributed by atoms with van der Waals surface area (Å²) < 4.78 is 5.98. The van der Waals surface area contributed by atoms with Gasteiger partial charge in [-0.3, -0.25) is 9.59 Å². The van der Waals surface area contributed by atoms with Crippen LogP contribution < -0.4 is 0 Å². The third-order valence-electron chi connectivity index (χ3n) is 8.58. The van der Waals surface area contributed by atoms with Crippen LogP contribution in [0, 0.1) is 0 Å². The zero-order valence-corrected chi connectivity index (χ0v) is 29.9. The van der Waals surface area contributed by atoms with E-state index in [-0.39, 0.29) is 18.5 Å². The number of carbonyl (C=O) groups excluding carboxylic acids is 1. The highest BCUT2D eigenvalue weighted by Gasteiger charge is 2.14. The number of carboxylic acids is 1. The number of allylic oxidation sites excluding steroid dienone is 6. The van der Waals surface area contributed by atoms with Gasteiger partial charge in [-0.2, -0.15) is 0 Å². The number of unbranched alkanes of at least 4 members (excludes halogenated alkanes) is 20. The zero-order chi connectivity index (χ0) is 32.9. The molecule has 0 aliphatic heterocycles. The van der Waals surface area contributed by atoms with E-state index in [9.17, 15) is 9.59 Å². The second-order valence-electron chi connectivity index (χ2n) is 13.1. The molecule has 1 atom stereocenters. The highest BCUT2D eigenvalue weighted by molar-refractivity contribution is 5.69. The summed E-state index contributed by atoms with van der Waals surface area (Å²) in [5.74, 6) is -0.725. The van der Waals surface area contributed by atoms with E-state index in [1.807, 2.05) is 0 Å². The van der Waals surface area contributed by atoms with Crippen molar-refractivity contribution >= 4 is 11.9 Å². The SMILES string of the molecule is CCCCC/C=C\CCCCCCCC(=O)OC(CCCCC/C=C\C/C=C\CCCCCCC)CCCCCCCC(=O)O. The molecular weight excluding hydrogens is 556 g/mol. The molecule has 0 aliphatic carbocycles. The van der Waals surface area contributed by atoms with E-state index < -0.39 is 5.97 Å². The van der Waals surface area contributed by atoms with Gasteiger partial charge in [-0.1, -0.05) is 134 Å². The van der Waals surface area contributed by atoms with Crippen LogP contribution in [0.25, 0.3) is 0 Å². The van der Waals surface area contributed by atoms with Crippen molar-refractivity contribution in [3.05, 3.63) is 36.5 Å². The first-order valence-electron chi connectivity index (χ1n) is 19.5. The van der Waals surface area contributed by atoms with E-state index in [4.69, 9.17) is 9.84 Å². The predicted octanol–water partition coefficient (Wildman–Crippen LogP) is 13.4. The molecule has 0 saturated heterocycles. The fourth-order valence-corrected chi connectivity index (χ4v) is 5.68. The van der Waals surface area contributed by atoms with Gasteiger partial charge in [0.2, 0.25) is 0 Å². The van der Waals surface area contributed by atoms with Gasteiger partial charge in [0.25, 0.3) is 0 Å². The van der Waals surface area contributed by atoms with Gasteiger partial charge in [0.1, 0.15) is 6.10 Å². The van der Waals surface area contributed by atoms with Crippen molar-refractivity contribution in [2.45, 2.75) is 213 Å². The summed E-state index contributed by atoms with van der Waals surface area (Å²) in [5.41, 5.74) is 0. The molecule has 0 amide bonds. The summed E-state index contributed by atoms with van der Waals surface area (Å²) in [5, 5.41) is 8.81. The van der Waals surface area contributed by atoms with Crippen molar-refractivity contribution in [1.29, 1.82) is 0 Å². The third-order valence-corrected chi connectivity index (χ3v) is 8.58. The lowest BCUT2D eigenvalue weighted by atomic mass is 10.0. The standard InChI is InChI=1S/C41H74O4/c1-3-5-7-9-11-13-15-17-18-19-20-22-24-27-31-35-39(36-32-28-26-29-33-37-40(42)43)45-41(44)38-34-30-25-23-21-16-14-12-10-8-6-4-2/h12,14-15,17,19-20,39H,3-11,13,16,18,21-38H2,1-2H3,(H,42,43)/b14-12-,17-15-,20-19-. The molecule has 1 N–H and O–H groups in total. The average molecular weight is 631 g/mol. The molecule has 0 aromatic rings. The van der Waals surface area contributed by atoms with Crippen molar-refractivity contribution < 1.29 is 19.4 Å². The minimum Gasteiger partial charge on any atom is -0.481 e. The molecule has 0 rings (SSSR count). The predicted molar refractivity (Wildman–Crippen MR) is 195 cm³/mol. The quantitative estimate of drug-likeness (QED) is 0.0430. The van der Waals surface area contributed by atoms with Crippen LogP contribution in [0.2, 0.25) is 0 Å². The maximum Gasteiger partial charge on any atom is 0.306 e. The van der Waals surface area contributed by atoms with Crippen molar-refractivity contribution in [3.8, 4) is 0 Å². The van der Waals surface area contributed by atoms with Crippen LogP contribution in [0.15, 0.2) is 36.5 Å². The lowest BCUT2D eigenvalue weighted by Gasteiger charge is -2.18. The summed E-state index contributed by atoms with van der Waals surface area (Å²) in [6.07, 6.45) is 47.2. The fourth-order valence-electron chi connectivity index (χ4n) is 5.68. The topological polar surface area (TPSA) is 63.6 Å². The molecule has 4 nitrogen and oxygen atoms in total. The van der Waals surface area contributed by atoms with Crippen LogP contribution >= 0.6 is 0 Å². The first kappa shape index (κ1) is 43.2. The fraction of sp³-hybridized carbons (Fsp3) is 0.805. The van der Waals surface area contributed by atoms with Gasteiger partial charge >= 0.3 is 11.9 Å². The van der Waals surface area contributed by atoms with Crippen LogP contribution in [-0.4, -0.2) is 23.1 Å². The molecule has 0 saturated carbocycles. The second-order valence-corrected chi connectivity index (χ2v) is 13.1. The molecule has 1 unspecified atom stereocenters. The van der Waals surface area contributed by atoms with Crippen molar-refractivity contribution in [1.82, 2.24) is 0 Å². The average Bonchev–Trinajstić information content (AvgIpc) is 3.02. The number of carboxylic acid groups (broad SMARTS) is 1. The molecule has 0 heterocycles. The van der Waals surface area contributed by atoms with Gasteiger partial charge in [0, 0.05) is 12.8 Å². The Hall–Kier alpha value is -1.84. The molecule has 0 fully saturated rings. The maximum absolute atomic E-state index is 12.6. The van der Waals surface area contributed by atoms with Crippen molar-refractivity contribution in [2.75, 3.05) is 0 Å². The summed E-state index contributed by atoms with van der Waals surface area (Å²) in [4.78, 5) is 23.3. The Morgan fingerprint density at radius 2 is 0.867 bits per heavy atom. The van der Waals surface area contributed by atoms with E-state index in [0.717, 1.165) is 77.0 Å². The molecule has 0 aromatic carbocycles. The van der Waals surface area contributed by atoms with Gasteiger partial charge in [0.05, 0.1) is 0 Å². The number of hydrogen-bond acceptors (Lipinski definition) is 3. The van der Waals surface area contributed by atoms with Gasteiger partial charge in [-0.25, -0.2) is 0 Å². The largest absolute Gasteiger partial charge is 0.481 e. The summed E-state index contributed by atoms with van der Waals surface area (Å²) in [6, 6.07) is 0.